The molecule has 1 unspecified atom stereocenters. The predicted molar refractivity (Wildman–Crippen MR) is 298 cm³/mol. The van der Waals surface area contributed by atoms with E-state index in [0.29, 0.717) is 19.3 Å². The SMILES string of the molecule is CCCCCCC/C=C\C/C=C\CCCCCCCCCCCCCCCCCC(=O)OCC(COC(=O)CCCCCCCCC)OC(=O)CCCCCCCCC/C=C\CCCCCCCC. The molecule has 0 heterocycles. The summed E-state index contributed by atoms with van der Waals surface area (Å²) >= 11 is 0. The number of hydrogen-bond donors (Lipinski definition) is 0. The largest absolute Gasteiger partial charge is 0.462 e. The highest BCUT2D eigenvalue weighted by molar-refractivity contribution is 5.71. The standard InChI is InChI=1S/C63H116O6/c1-4-7-10-13-16-18-20-22-24-26-27-28-29-30-31-32-33-34-35-37-38-40-42-44-47-50-53-56-62(65)68-59-60(58-67-61(64)55-52-49-46-15-12-9-6-3)69-63(66)57-54-51-48-45-43-41-39-36-25-23-21-19-17-14-11-8-5-2/h20,22-23,25-27,60H,4-19,21,24,28-59H2,1-3H3/b22-20-,25-23-,27-26-. The molecule has 0 aromatic carbocycles. The maximum Gasteiger partial charge on any atom is 0.306 e. The summed E-state index contributed by atoms with van der Waals surface area (Å²) in [4.78, 5) is 38.0. The summed E-state index contributed by atoms with van der Waals surface area (Å²) in [5, 5.41) is 0. The van der Waals surface area contributed by atoms with Gasteiger partial charge in [0, 0.05) is 19.3 Å². The lowest BCUT2D eigenvalue weighted by molar-refractivity contribution is -0.167. The van der Waals surface area contributed by atoms with Crippen LogP contribution in [0.25, 0.3) is 0 Å². The van der Waals surface area contributed by atoms with Crippen LogP contribution in [0.2, 0.25) is 0 Å². The van der Waals surface area contributed by atoms with Gasteiger partial charge in [-0.1, -0.05) is 269 Å². The molecule has 6 heteroatoms. The smallest absolute Gasteiger partial charge is 0.306 e. The van der Waals surface area contributed by atoms with E-state index in [1.165, 1.54) is 225 Å². The molecule has 404 valence electrons. The maximum atomic E-state index is 12.8. The first kappa shape index (κ1) is 66.6. The van der Waals surface area contributed by atoms with Crippen LogP contribution in [0, 0.1) is 0 Å². The number of rotatable bonds is 56. The van der Waals surface area contributed by atoms with Gasteiger partial charge in [-0.05, 0) is 77.0 Å². The summed E-state index contributed by atoms with van der Waals surface area (Å²) in [6, 6.07) is 0. The molecule has 0 saturated heterocycles. The Balaban J connectivity index is 4.08. The summed E-state index contributed by atoms with van der Waals surface area (Å²) in [5.74, 6) is -0.864. The van der Waals surface area contributed by atoms with Gasteiger partial charge in [-0.2, -0.15) is 0 Å². The molecule has 0 aliphatic heterocycles. The maximum absolute atomic E-state index is 12.8. The molecule has 0 aromatic heterocycles. The molecule has 0 bridgehead atoms. The third-order valence-electron chi connectivity index (χ3n) is 13.6. The highest BCUT2D eigenvalue weighted by Gasteiger charge is 2.19. The summed E-state index contributed by atoms with van der Waals surface area (Å²) in [6.45, 7) is 6.62. The van der Waals surface area contributed by atoms with Crippen molar-refractivity contribution in [3.05, 3.63) is 36.5 Å². The van der Waals surface area contributed by atoms with Gasteiger partial charge in [-0.3, -0.25) is 14.4 Å². The third kappa shape index (κ3) is 56.4. The number of carbonyl (C=O) groups is 3. The molecule has 0 aliphatic rings. The molecule has 0 spiro atoms. The second-order valence-corrected chi connectivity index (χ2v) is 20.6. The van der Waals surface area contributed by atoms with Crippen LogP contribution >= 0.6 is 0 Å². The van der Waals surface area contributed by atoms with Crippen LogP contribution in [0.1, 0.15) is 329 Å². The fourth-order valence-electron chi connectivity index (χ4n) is 9.00. The van der Waals surface area contributed by atoms with Crippen LogP contribution in [0.5, 0.6) is 0 Å². The molecule has 0 aromatic rings. The molecule has 69 heavy (non-hydrogen) atoms. The van der Waals surface area contributed by atoms with Gasteiger partial charge in [-0.25, -0.2) is 0 Å². The lowest BCUT2D eigenvalue weighted by Crippen LogP contribution is -2.30. The number of ether oxygens (including phenoxy) is 3. The van der Waals surface area contributed by atoms with Crippen molar-refractivity contribution in [3.63, 3.8) is 0 Å². The third-order valence-corrected chi connectivity index (χ3v) is 13.6. The van der Waals surface area contributed by atoms with Gasteiger partial charge in [0.2, 0.25) is 0 Å². The lowest BCUT2D eigenvalue weighted by Gasteiger charge is -2.18. The van der Waals surface area contributed by atoms with Crippen molar-refractivity contribution in [1.29, 1.82) is 0 Å². The first-order chi connectivity index (χ1) is 34.0. The van der Waals surface area contributed by atoms with Crippen LogP contribution in [-0.2, 0) is 28.6 Å². The van der Waals surface area contributed by atoms with E-state index in [0.717, 1.165) is 64.2 Å². The average Bonchev–Trinajstić information content (AvgIpc) is 3.35. The van der Waals surface area contributed by atoms with Crippen LogP contribution in [0.15, 0.2) is 36.5 Å². The van der Waals surface area contributed by atoms with E-state index < -0.39 is 6.10 Å². The first-order valence-electron chi connectivity index (χ1n) is 30.5. The minimum atomic E-state index is -0.769. The zero-order valence-corrected chi connectivity index (χ0v) is 46.3. The Morgan fingerprint density at radius 3 is 0.812 bits per heavy atom. The summed E-state index contributed by atoms with van der Waals surface area (Å²) in [5.41, 5.74) is 0. The lowest BCUT2D eigenvalue weighted by atomic mass is 10.0. The number of unbranched alkanes of at least 4 members (excludes halogenated alkanes) is 39. The van der Waals surface area contributed by atoms with E-state index in [2.05, 4.69) is 57.2 Å². The van der Waals surface area contributed by atoms with Gasteiger partial charge in [0.05, 0.1) is 0 Å². The van der Waals surface area contributed by atoms with Crippen molar-refractivity contribution in [3.8, 4) is 0 Å². The summed E-state index contributed by atoms with van der Waals surface area (Å²) in [7, 11) is 0. The Bertz CT molecular complexity index is 1160. The van der Waals surface area contributed by atoms with E-state index in [-0.39, 0.29) is 31.1 Å². The zero-order chi connectivity index (χ0) is 50.0. The molecule has 0 radical (unpaired) electrons. The molecule has 0 rings (SSSR count). The number of esters is 3. The van der Waals surface area contributed by atoms with Gasteiger partial charge in [-0.15, -0.1) is 0 Å². The molecule has 6 nitrogen and oxygen atoms in total. The van der Waals surface area contributed by atoms with Crippen LogP contribution in [0.4, 0.5) is 0 Å². The first-order valence-corrected chi connectivity index (χ1v) is 30.5. The number of hydrogen-bond acceptors (Lipinski definition) is 6. The molecule has 0 aliphatic carbocycles. The predicted octanol–water partition coefficient (Wildman–Crippen LogP) is 20.4. The fraction of sp³-hybridized carbons (Fsp3) is 0.857. The second kappa shape index (κ2) is 58.2. The highest BCUT2D eigenvalue weighted by atomic mass is 16.6. The van der Waals surface area contributed by atoms with E-state index in [1.807, 2.05) is 0 Å². The van der Waals surface area contributed by atoms with Gasteiger partial charge >= 0.3 is 17.9 Å². The zero-order valence-electron chi connectivity index (χ0n) is 46.3. The molecule has 0 N–H and O–H groups in total. The van der Waals surface area contributed by atoms with Gasteiger partial charge in [0.15, 0.2) is 6.10 Å². The van der Waals surface area contributed by atoms with Crippen molar-refractivity contribution in [1.82, 2.24) is 0 Å². The topological polar surface area (TPSA) is 78.9 Å². The van der Waals surface area contributed by atoms with Gasteiger partial charge in [0.1, 0.15) is 13.2 Å². The minimum absolute atomic E-state index is 0.0703. The van der Waals surface area contributed by atoms with Gasteiger partial charge < -0.3 is 14.2 Å². The van der Waals surface area contributed by atoms with E-state index >= 15 is 0 Å². The molecular formula is C63H116O6. The van der Waals surface area contributed by atoms with Crippen molar-refractivity contribution in [2.75, 3.05) is 13.2 Å². The Hall–Kier alpha value is -2.37. The van der Waals surface area contributed by atoms with E-state index in [1.54, 1.807) is 0 Å². The Kier molecular flexibility index (Phi) is 56.2. The molecule has 0 amide bonds. The number of carbonyl (C=O) groups excluding carboxylic acids is 3. The van der Waals surface area contributed by atoms with Crippen molar-refractivity contribution in [2.24, 2.45) is 0 Å². The quantitative estimate of drug-likeness (QED) is 0.0261. The van der Waals surface area contributed by atoms with Gasteiger partial charge in [0.25, 0.3) is 0 Å². The molecule has 0 saturated carbocycles. The fourth-order valence-corrected chi connectivity index (χ4v) is 9.00. The van der Waals surface area contributed by atoms with Crippen molar-refractivity contribution >= 4 is 17.9 Å². The Labute approximate surface area is 429 Å². The van der Waals surface area contributed by atoms with Crippen molar-refractivity contribution in [2.45, 2.75) is 335 Å². The van der Waals surface area contributed by atoms with E-state index in [9.17, 15) is 14.4 Å². The van der Waals surface area contributed by atoms with Crippen molar-refractivity contribution < 1.29 is 28.6 Å². The second-order valence-electron chi connectivity index (χ2n) is 20.6. The monoisotopic (exact) mass is 969 g/mol. The molecular weight excluding hydrogens is 853 g/mol. The van der Waals surface area contributed by atoms with E-state index in [4.69, 9.17) is 14.2 Å². The normalized spacial score (nSPS) is 12.2. The molecule has 0 fully saturated rings. The Morgan fingerprint density at radius 2 is 0.522 bits per heavy atom. The Morgan fingerprint density at radius 1 is 0.290 bits per heavy atom. The van der Waals surface area contributed by atoms with Crippen LogP contribution in [0.3, 0.4) is 0 Å². The highest BCUT2D eigenvalue weighted by Crippen LogP contribution is 2.17. The minimum Gasteiger partial charge on any atom is -0.462 e. The summed E-state index contributed by atoms with van der Waals surface area (Å²) in [6.07, 6.45) is 70.3. The number of allylic oxidation sites excluding steroid dienone is 6. The summed E-state index contributed by atoms with van der Waals surface area (Å²) < 4.78 is 16.8. The average molecular weight is 970 g/mol. The molecule has 1 atom stereocenters. The van der Waals surface area contributed by atoms with Crippen LogP contribution in [-0.4, -0.2) is 37.2 Å². The van der Waals surface area contributed by atoms with Crippen LogP contribution < -0.4 is 0 Å².